The van der Waals surface area contributed by atoms with E-state index in [-0.39, 0.29) is 12.4 Å². The normalized spacial score (nSPS) is 10.7. The third kappa shape index (κ3) is 3.00. The lowest BCUT2D eigenvalue weighted by molar-refractivity contribution is 0.185. The topological polar surface area (TPSA) is 29.5 Å². The minimum Gasteiger partial charge on any atom is -0.392 e. The summed E-state index contributed by atoms with van der Waals surface area (Å²) in [6.45, 7) is 2.28. The zero-order chi connectivity index (χ0) is 13.8. The summed E-state index contributed by atoms with van der Waals surface area (Å²) < 4.78 is 19.3. The van der Waals surface area contributed by atoms with Gasteiger partial charge in [0.15, 0.2) is 0 Å². The lowest BCUT2D eigenvalue weighted by Crippen LogP contribution is -1.96. The van der Waals surface area contributed by atoms with Gasteiger partial charge < -0.3 is 9.84 Å². The monoisotopic (exact) mass is 260 g/mol. The van der Waals surface area contributed by atoms with Gasteiger partial charge in [0.1, 0.15) is 5.82 Å². The molecule has 3 heteroatoms. The molecule has 2 rings (SSSR count). The van der Waals surface area contributed by atoms with E-state index in [1.54, 1.807) is 19.2 Å². The number of aliphatic hydroxyl groups is 1. The summed E-state index contributed by atoms with van der Waals surface area (Å²) in [7, 11) is 1.62. The summed E-state index contributed by atoms with van der Waals surface area (Å²) in [6.07, 6.45) is 0. The van der Waals surface area contributed by atoms with Crippen molar-refractivity contribution in [3.05, 3.63) is 58.9 Å². The van der Waals surface area contributed by atoms with Crippen molar-refractivity contribution in [2.75, 3.05) is 7.11 Å². The Labute approximate surface area is 112 Å². The molecule has 2 nitrogen and oxygen atoms in total. The molecule has 100 valence electrons. The Morgan fingerprint density at radius 2 is 1.84 bits per heavy atom. The van der Waals surface area contributed by atoms with Gasteiger partial charge in [-0.3, -0.25) is 0 Å². The van der Waals surface area contributed by atoms with Crippen LogP contribution in [0.4, 0.5) is 4.39 Å². The molecule has 0 aliphatic carbocycles. The van der Waals surface area contributed by atoms with Crippen molar-refractivity contribution in [1.29, 1.82) is 0 Å². The second-order valence-corrected chi connectivity index (χ2v) is 4.57. The number of methoxy groups -OCH3 is 1. The van der Waals surface area contributed by atoms with Crippen LogP contribution in [-0.4, -0.2) is 12.2 Å². The first-order chi connectivity index (χ1) is 9.15. The summed E-state index contributed by atoms with van der Waals surface area (Å²) in [5.41, 5.74) is 4.00. The van der Waals surface area contributed by atoms with Crippen LogP contribution in [0.15, 0.2) is 36.4 Å². The fourth-order valence-electron chi connectivity index (χ4n) is 2.14. The fourth-order valence-corrected chi connectivity index (χ4v) is 2.14. The fraction of sp³-hybridized carbons (Fsp3) is 0.250. The Bertz CT molecular complexity index is 579. The van der Waals surface area contributed by atoms with Gasteiger partial charge in [-0.25, -0.2) is 4.39 Å². The molecule has 2 aromatic rings. The van der Waals surface area contributed by atoms with E-state index in [9.17, 15) is 4.39 Å². The van der Waals surface area contributed by atoms with Crippen molar-refractivity contribution in [3.8, 4) is 11.1 Å². The van der Waals surface area contributed by atoms with E-state index in [0.717, 1.165) is 16.7 Å². The number of hydrogen-bond donors (Lipinski definition) is 1. The second-order valence-electron chi connectivity index (χ2n) is 4.57. The number of hydrogen-bond acceptors (Lipinski definition) is 2. The maximum absolute atomic E-state index is 14.1. The molecule has 0 radical (unpaired) electrons. The maximum Gasteiger partial charge on any atom is 0.131 e. The Kier molecular flexibility index (Phi) is 4.30. The Morgan fingerprint density at radius 1 is 1.11 bits per heavy atom. The van der Waals surface area contributed by atoms with Crippen LogP contribution >= 0.6 is 0 Å². The van der Waals surface area contributed by atoms with Crippen molar-refractivity contribution in [2.24, 2.45) is 0 Å². The van der Waals surface area contributed by atoms with Crippen LogP contribution in [0.25, 0.3) is 11.1 Å². The van der Waals surface area contributed by atoms with Gasteiger partial charge in [0.25, 0.3) is 0 Å². The van der Waals surface area contributed by atoms with E-state index in [4.69, 9.17) is 9.84 Å². The molecule has 0 saturated heterocycles. The second kappa shape index (κ2) is 5.95. The molecule has 0 saturated carbocycles. The van der Waals surface area contributed by atoms with Gasteiger partial charge in [0.05, 0.1) is 13.2 Å². The molecule has 2 aromatic carbocycles. The quantitative estimate of drug-likeness (QED) is 0.912. The smallest absolute Gasteiger partial charge is 0.131 e. The first-order valence-electron chi connectivity index (χ1n) is 6.14. The van der Waals surface area contributed by atoms with E-state index in [1.807, 2.05) is 25.1 Å². The number of halogens is 1. The molecule has 0 aliphatic heterocycles. The van der Waals surface area contributed by atoms with Crippen LogP contribution in [0.1, 0.15) is 16.7 Å². The number of aryl methyl sites for hydroxylation is 1. The highest BCUT2D eigenvalue weighted by molar-refractivity contribution is 5.68. The molecule has 0 fully saturated rings. The van der Waals surface area contributed by atoms with Crippen molar-refractivity contribution in [2.45, 2.75) is 20.1 Å². The van der Waals surface area contributed by atoms with E-state index >= 15 is 0 Å². The van der Waals surface area contributed by atoms with Gasteiger partial charge in [-0.05, 0) is 29.7 Å². The average Bonchev–Trinajstić information content (AvgIpc) is 2.40. The minimum absolute atomic E-state index is 0.157. The predicted octanol–water partition coefficient (Wildman–Crippen LogP) is 3.44. The summed E-state index contributed by atoms with van der Waals surface area (Å²) in [5.74, 6) is -0.326. The van der Waals surface area contributed by atoms with Gasteiger partial charge in [-0.2, -0.15) is 0 Å². The minimum atomic E-state index is -0.326. The van der Waals surface area contributed by atoms with E-state index in [2.05, 4.69) is 0 Å². The molecule has 19 heavy (non-hydrogen) atoms. The highest BCUT2D eigenvalue weighted by atomic mass is 19.1. The Morgan fingerprint density at radius 3 is 2.47 bits per heavy atom. The van der Waals surface area contributed by atoms with Crippen LogP contribution in [0.3, 0.4) is 0 Å². The summed E-state index contributed by atoms with van der Waals surface area (Å²) in [4.78, 5) is 0. The average molecular weight is 260 g/mol. The molecular weight excluding hydrogens is 243 g/mol. The van der Waals surface area contributed by atoms with E-state index in [0.29, 0.717) is 17.7 Å². The highest BCUT2D eigenvalue weighted by Crippen LogP contribution is 2.28. The van der Waals surface area contributed by atoms with E-state index < -0.39 is 0 Å². The van der Waals surface area contributed by atoms with Crippen LogP contribution in [-0.2, 0) is 18.0 Å². The van der Waals surface area contributed by atoms with Crippen LogP contribution in [0, 0.1) is 12.7 Å². The largest absolute Gasteiger partial charge is 0.392 e. The molecule has 0 bridgehead atoms. The molecule has 0 atom stereocenters. The molecule has 0 aliphatic rings. The Hall–Kier alpha value is -1.71. The van der Waals surface area contributed by atoms with Crippen LogP contribution in [0.2, 0.25) is 0 Å². The van der Waals surface area contributed by atoms with Crippen molar-refractivity contribution in [1.82, 2.24) is 0 Å². The van der Waals surface area contributed by atoms with Gasteiger partial charge >= 0.3 is 0 Å². The number of benzene rings is 2. The molecule has 0 spiro atoms. The summed E-state index contributed by atoms with van der Waals surface area (Å²) in [6, 6.07) is 10.7. The van der Waals surface area contributed by atoms with Crippen molar-refractivity contribution in [3.63, 3.8) is 0 Å². The lowest BCUT2D eigenvalue weighted by atomic mass is 9.97. The number of aliphatic hydroxyl groups excluding tert-OH is 1. The first kappa shape index (κ1) is 13.7. The number of ether oxygens (including phenoxy) is 1. The highest BCUT2D eigenvalue weighted by Gasteiger charge is 2.10. The van der Waals surface area contributed by atoms with Crippen molar-refractivity contribution < 1.29 is 14.2 Å². The van der Waals surface area contributed by atoms with Crippen LogP contribution in [0.5, 0.6) is 0 Å². The van der Waals surface area contributed by atoms with Crippen molar-refractivity contribution >= 4 is 0 Å². The summed E-state index contributed by atoms with van der Waals surface area (Å²) in [5, 5.41) is 9.01. The summed E-state index contributed by atoms with van der Waals surface area (Å²) >= 11 is 0. The van der Waals surface area contributed by atoms with Gasteiger partial charge in [-0.15, -0.1) is 0 Å². The molecular formula is C16H17FO2. The van der Waals surface area contributed by atoms with Gasteiger partial charge in [-0.1, -0.05) is 35.9 Å². The zero-order valence-electron chi connectivity index (χ0n) is 11.1. The standard InChI is InChI=1S/C16H17FO2/c1-11-3-5-14(13(7-11)10-19-2)15-6-4-12(9-18)8-16(15)17/h3-8,18H,9-10H2,1-2H3. The van der Waals surface area contributed by atoms with Gasteiger partial charge in [0.2, 0.25) is 0 Å². The molecule has 1 N–H and O–H groups in total. The first-order valence-corrected chi connectivity index (χ1v) is 6.14. The molecule has 0 unspecified atom stereocenters. The lowest BCUT2D eigenvalue weighted by Gasteiger charge is -2.12. The SMILES string of the molecule is COCc1cc(C)ccc1-c1ccc(CO)cc1F. The van der Waals surface area contributed by atoms with Gasteiger partial charge in [0, 0.05) is 12.7 Å². The molecule has 0 amide bonds. The van der Waals surface area contributed by atoms with E-state index in [1.165, 1.54) is 6.07 Å². The molecule has 0 aromatic heterocycles. The zero-order valence-corrected chi connectivity index (χ0v) is 11.1. The third-order valence-electron chi connectivity index (χ3n) is 3.07. The third-order valence-corrected chi connectivity index (χ3v) is 3.07. The molecule has 0 heterocycles. The maximum atomic E-state index is 14.1. The predicted molar refractivity (Wildman–Crippen MR) is 73.2 cm³/mol. The Balaban J connectivity index is 2.51. The van der Waals surface area contributed by atoms with Crippen LogP contribution < -0.4 is 0 Å². The number of rotatable bonds is 4.